The molecule has 2 aromatic rings. The molecule has 1 atom stereocenters. The van der Waals surface area contributed by atoms with Crippen LogP contribution in [0.5, 0.6) is 5.88 Å². The van der Waals surface area contributed by atoms with Crippen LogP contribution in [0.4, 0.5) is 0 Å². The molecule has 3 N–H and O–H groups in total. The van der Waals surface area contributed by atoms with Crippen LogP contribution in [0.15, 0.2) is 61.3 Å². The molecule has 9 heteroatoms. The van der Waals surface area contributed by atoms with Gasteiger partial charge in [-0.2, -0.15) is 0 Å². The van der Waals surface area contributed by atoms with Crippen LogP contribution in [0.2, 0.25) is 0 Å². The Balaban J connectivity index is 0.000000451. The van der Waals surface area contributed by atoms with Crippen molar-refractivity contribution in [2.24, 2.45) is 0 Å². The van der Waals surface area contributed by atoms with E-state index in [1.54, 1.807) is 38.0 Å². The molecule has 2 heterocycles. The second-order valence-electron chi connectivity index (χ2n) is 5.80. The van der Waals surface area contributed by atoms with Crippen LogP contribution in [-0.2, 0) is 9.59 Å². The molecule has 2 rings (SSSR count). The molecule has 2 aromatic heterocycles. The van der Waals surface area contributed by atoms with Gasteiger partial charge in [0.05, 0.1) is 19.5 Å². The summed E-state index contributed by atoms with van der Waals surface area (Å²) in [4.78, 5) is 26.9. The Bertz CT molecular complexity index is 729. The predicted molar refractivity (Wildman–Crippen MR) is 113 cm³/mol. The van der Waals surface area contributed by atoms with Gasteiger partial charge in [0, 0.05) is 43.0 Å². The molecular weight excluding hydrogens is 390 g/mol. The number of aliphatic hydroxyl groups is 1. The molecule has 0 aliphatic heterocycles. The minimum absolute atomic E-state index is 0.330. The molecule has 9 nitrogen and oxygen atoms in total. The van der Waals surface area contributed by atoms with Crippen LogP contribution in [0, 0.1) is 0 Å². The van der Waals surface area contributed by atoms with Gasteiger partial charge in [-0.3, -0.25) is 0 Å². The summed E-state index contributed by atoms with van der Waals surface area (Å²) in [6, 6.07) is 5.54. The number of carboxylic acids is 2. The largest absolute Gasteiger partial charge is 0.481 e. The number of unbranched alkanes of at least 4 members (excludes halogenated alkanes) is 2. The number of aromatic nitrogens is 3. The molecule has 1 unspecified atom stereocenters. The van der Waals surface area contributed by atoms with E-state index in [1.807, 2.05) is 29.1 Å². The fourth-order valence-electron chi connectivity index (χ4n) is 1.87. The molecular formula is C21H29N3O6. The number of pyridine rings is 1. The van der Waals surface area contributed by atoms with Crippen LogP contribution >= 0.6 is 0 Å². The molecule has 0 fully saturated rings. The van der Waals surface area contributed by atoms with Crippen molar-refractivity contribution in [1.29, 1.82) is 0 Å². The van der Waals surface area contributed by atoms with Crippen molar-refractivity contribution in [3.8, 4) is 5.88 Å². The molecule has 0 saturated heterocycles. The number of hydrogen-bond acceptors (Lipinski definition) is 6. The van der Waals surface area contributed by atoms with Gasteiger partial charge >= 0.3 is 11.9 Å². The maximum atomic E-state index is 9.55. The number of carboxylic acid groups (broad SMARTS) is 2. The number of aliphatic carboxylic acids is 2. The summed E-state index contributed by atoms with van der Waals surface area (Å²) in [7, 11) is 1.60. The van der Waals surface area contributed by atoms with E-state index in [2.05, 4.69) is 16.9 Å². The van der Waals surface area contributed by atoms with Gasteiger partial charge in [-0.15, -0.1) is 0 Å². The Hall–Kier alpha value is -3.46. The molecule has 0 saturated carbocycles. The molecule has 30 heavy (non-hydrogen) atoms. The smallest absolute Gasteiger partial charge is 0.328 e. The highest BCUT2D eigenvalue weighted by molar-refractivity contribution is 5.89. The van der Waals surface area contributed by atoms with Crippen LogP contribution in [0.3, 0.4) is 0 Å². The summed E-state index contributed by atoms with van der Waals surface area (Å²) in [6.45, 7) is 2.16. The zero-order valence-electron chi connectivity index (χ0n) is 17.2. The SMILES string of the molecule is CCCCCC(O)C=Cn1ccnc1.COc1ccccn1.O=C(O)C=CC(=O)O. The van der Waals surface area contributed by atoms with E-state index in [0.29, 0.717) is 18.0 Å². The summed E-state index contributed by atoms with van der Waals surface area (Å²) in [5.74, 6) is -1.85. The number of hydrogen-bond donors (Lipinski definition) is 3. The number of imidazole rings is 1. The van der Waals surface area contributed by atoms with Gasteiger partial charge in [0.1, 0.15) is 0 Å². The van der Waals surface area contributed by atoms with Crippen LogP contribution in [0.25, 0.3) is 6.20 Å². The lowest BCUT2D eigenvalue weighted by atomic mass is 10.1. The van der Waals surface area contributed by atoms with Crippen molar-refractivity contribution in [3.63, 3.8) is 0 Å². The lowest BCUT2D eigenvalue weighted by molar-refractivity contribution is -0.134. The Kier molecular flexibility index (Phi) is 15.6. The first-order chi connectivity index (χ1) is 14.4. The number of ether oxygens (including phenoxy) is 1. The topological polar surface area (TPSA) is 135 Å². The number of nitrogens with zero attached hydrogens (tertiary/aromatic N) is 3. The Morgan fingerprint density at radius 2 is 1.87 bits per heavy atom. The minimum atomic E-state index is -1.26. The van der Waals surface area contributed by atoms with Crippen LogP contribution in [0.1, 0.15) is 32.6 Å². The maximum absolute atomic E-state index is 9.55. The monoisotopic (exact) mass is 419 g/mol. The molecule has 0 aliphatic rings. The van der Waals surface area contributed by atoms with Crippen molar-refractivity contribution < 1.29 is 29.6 Å². The average molecular weight is 419 g/mol. The zero-order chi connectivity index (χ0) is 22.6. The minimum Gasteiger partial charge on any atom is -0.481 e. The van der Waals surface area contributed by atoms with E-state index < -0.39 is 11.9 Å². The number of rotatable bonds is 9. The summed E-state index contributed by atoms with van der Waals surface area (Å²) in [5, 5.41) is 25.2. The standard InChI is InChI=1S/C11H18N2O.C6H7NO.C4H4O4/c1-2-3-4-5-11(14)6-8-13-9-7-12-10-13;1-8-6-4-2-3-5-7-6;5-3(6)1-2-4(7)8/h6-11,14H,2-5H2,1H3;2-5H,1H3;1-2H,(H,5,6)(H,7,8). The number of aliphatic hydroxyl groups excluding tert-OH is 1. The Morgan fingerprint density at radius 3 is 2.30 bits per heavy atom. The molecule has 0 aromatic carbocycles. The summed E-state index contributed by atoms with van der Waals surface area (Å²) in [6.07, 6.45) is 15.7. The number of methoxy groups -OCH3 is 1. The molecule has 0 bridgehead atoms. The van der Waals surface area contributed by atoms with Gasteiger partial charge in [-0.05, 0) is 18.6 Å². The van der Waals surface area contributed by atoms with E-state index in [-0.39, 0.29) is 6.10 Å². The fourth-order valence-corrected chi connectivity index (χ4v) is 1.87. The summed E-state index contributed by atoms with van der Waals surface area (Å²) in [5.41, 5.74) is 0. The van der Waals surface area contributed by atoms with Gasteiger partial charge in [-0.25, -0.2) is 19.6 Å². The van der Waals surface area contributed by atoms with Crippen LogP contribution < -0.4 is 4.74 Å². The quantitative estimate of drug-likeness (QED) is 0.417. The van der Waals surface area contributed by atoms with Crippen molar-refractivity contribution in [1.82, 2.24) is 14.5 Å². The van der Waals surface area contributed by atoms with Crippen molar-refractivity contribution in [2.45, 2.75) is 38.7 Å². The van der Waals surface area contributed by atoms with E-state index in [1.165, 1.54) is 12.8 Å². The first kappa shape index (κ1) is 26.5. The maximum Gasteiger partial charge on any atom is 0.328 e. The zero-order valence-corrected chi connectivity index (χ0v) is 17.2. The lowest BCUT2D eigenvalue weighted by Crippen LogP contribution is -2.01. The lowest BCUT2D eigenvalue weighted by Gasteiger charge is -2.03. The molecule has 0 amide bonds. The van der Waals surface area contributed by atoms with E-state index in [9.17, 15) is 14.7 Å². The average Bonchev–Trinajstić information content (AvgIpc) is 3.26. The van der Waals surface area contributed by atoms with Gasteiger partial charge in [0.15, 0.2) is 0 Å². The fraction of sp³-hybridized carbons (Fsp3) is 0.333. The van der Waals surface area contributed by atoms with Gasteiger partial charge < -0.3 is 24.6 Å². The Labute approximate surface area is 176 Å². The summed E-state index contributed by atoms with van der Waals surface area (Å²) >= 11 is 0. The van der Waals surface area contributed by atoms with Crippen molar-refractivity contribution in [2.75, 3.05) is 7.11 Å². The van der Waals surface area contributed by atoms with E-state index in [0.717, 1.165) is 12.8 Å². The first-order valence-electron chi connectivity index (χ1n) is 9.31. The van der Waals surface area contributed by atoms with Gasteiger partial charge in [0.2, 0.25) is 5.88 Å². The highest BCUT2D eigenvalue weighted by Crippen LogP contribution is 2.04. The van der Waals surface area contributed by atoms with Crippen LogP contribution in [-0.4, -0.2) is 55.0 Å². The third-order valence-electron chi connectivity index (χ3n) is 3.32. The van der Waals surface area contributed by atoms with Crippen molar-refractivity contribution in [3.05, 3.63) is 61.3 Å². The second kappa shape index (κ2) is 17.6. The third kappa shape index (κ3) is 16.7. The predicted octanol–water partition coefficient (Wildman–Crippen LogP) is 3.10. The van der Waals surface area contributed by atoms with E-state index in [4.69, 9.17) is 14.9 Å². The summed E-state index contributed by atoms with van der Waals surface area (Å²) < 4.78 is 6.63. The van der Waals surface area contributed by atoms with Gasteiger partial charge in [-0.1, -0.05) is 32.3 Å². The number of carbonyl (C=O) groups is 2. The highest BCUT2D eigenvalue weighted by atomic mass is 16.5. The van der Waals surface area contributed by atoms with Crippen molar-refractivity contribution >= 4 is 18.1 Å². The molecule has 0 aliphatic carbocycles. The highest BCUT2D eigenvalue weighted by Gasteiger charge is 1.97. The van der Waals surface area contributed by atoms with E-state index >= 15 is 0 Å². The van der Waals surface area contributed by atoms with Gasteiger partial charge in [0.25, 0.3) is 0 Å². The Morgan fingerprint density at radius 1 is 1.17 bits per heavy atom. The third-order valence-corrected chi connectivity index (χ3v) is 3.32. The normalized spacial score (nSPS) is 11.2. The first-order valence-corrected chi connectivity index (χ1v) is 9.31. The molecule has 0 radical (unpaired) electrons. The molecule has 0 spiro atoms. The molecule has 164 valence electrons. The second-order valence-corrected chi connectivity index (χ2v) is 5.80.